The third-order valence-corrected chi connectivity index (χ3v) is 4.24. The van der Waals surface area contributed by atoms with Crippen LogP contribution in [0.4, 0.5) is 0 Å². The average molecular weight is 304 g/mol. The molecular formula is C15H33NOSSi. The van der Waals surface area contributed by atoms with Crippen LogP contribution in [0, 0.1) is 0 Å². The van der Waals surface area contributed by atoms with Gasteiger partial charge in [-0.3, -0.25) is 0 Å². The molecule has 2 nitrogen and oxygen atoms in total. The van der Waals surface area contributed by atoms with Crippen molar-refractivity contribution in [1.29, 1.82) is 0 Å². The maximum absolute atomic E-state index is 5.62. The summed E-state index contributed by atoms with van der Waals surface area (Å²) in [6.45, 7) is 11.3. The summed E-state index contributed by atoms with van der Waals surface area (Å²) in [4.78, 5) is 0. The average Bonchev–Trinajstić information content (AvgIpc) is 2.30. The Morgan fingerprint density at radius 3 is 2.26 bits per heavy atom. The topological polar surface area (TPSA) is 21.3 Å². The summed E-state index contributed by atoms with van der Waals surface area (Å²) in [5, 5.41) is 3.87. The highest BCUT2D eigenvalue weighted by molar-refractivity contribution is 7.80. The predicted molar refractivity (Wildman–Crippen MR) is 92.5 cm³/mol. The maximum Gasteiger partial charge on any atom is 0.256 e. The van der Waals surface area contributed by atoms with Crippen molar-refractivity contribution in [2.45, 2.75) is 84.5 Å². The van der Waals surface area contributed by atoms with Crippen molar-refractivity contribution in [2.75, 3.05) is 6.23 Å². The van der Waals surface area contributed by atoms with Gasteiger partial charge in [0.1, 0.15) is 0 Å². The number of unbranched alkanes of at least 4 members (excludes halogenated alkanes) is 5. The van der Waals surface area contributed by atoms with Gasteiger partial charge in [0.15, 0.2) is 0 Å². The van der Waals surface area contributed by atoms with Crippen LogP contribution in [0.2, 0.25) is 19.6 Å². The summed E-state index contributed by atoms with van der Waals surface area (Å²) in [6, 6.07) is 0.431. The normalized spacial score (nSPS) is 13.1. The molecule has 0 saturated carbocycles. The molecule has 0 fully saturated rings. The van der Waals surface area contributed by atoms with Crippen LogP contribution in [0.15, 0.2) is 0 Å². The molecule has 114 valence electrons. The Balaban J connectivity index is 3.52. The summed E-state index contributed by atoms with van der Waals surface area (Å²) in [5.74, 6) is 0. The molecule has 4 heteroatoms. The lowest BCUT2D eigenvalue weighted by atomic mass is 10.1. The molecule has 0 aromatic heterocycles. The fourth-order valence-electron chi connectivity index (χ4n) is 1.83. The van der Waals surface area contributed by atoms with E-state index in [0.29, 0.717) is 11.2 Å². The molecule has 0 bridgehead atoms. The smallest absolute Gasteiger partial charge is 0.256 e. The van der Waals surface area contributed by atoms with Crippen LogP contribution >= 0.6 is 12.2 Å². The van der Waals surface area contributed by atoms with Gasteiger partial charge >= 0.3 is 0 Å². The Morgan fingerprint density at radius 1 is 1.11 bits per heavy atom. The minimum absolute atomic E-state index is 0.431. The SMILES string of the molecule is CCCCCCCCC(C)NC(=S)OC[Si](C)(C)C. The highest BCUT2D eigenvalue weighted by atomic mass is 32.1. The van der Waals surface area contributed by atoms with Gasteiger partial charge in [0.05, 0.1) is 14.3 Å². The summed E-state index contributed by atoms with van der Waals surface area (Å²) in [6.07, 6.45) is 10.1. The highest BCUT2D eigenvalue weighted by Crippen LogP contribution is 2.08. The molecule has 0 aliphatic heterocycles. The maximum atomic E-state index is 5.62. The standard InChI is InChI=1S/C15H33NOSSi/c1-6-7-8-9-10-11-12-14(2)16-15(18)17-13-19(3,4)5/h14H,6-13H2,1-5H3,(H,16,18). The predicted octanol–water partition coefficient (Wildman–Crippen LogP) is 4.89. The lowest BCUT2D eigenvalue weighted by Gasteiger charge is -2.20. The van der Waals surface area contributed by atoms with E-state index in [1.807, 2.05) is 0 Å². The first-order valence-electron chi connectivity index (χ1n) is 7.78. The van der Waals surface area contributed by atoms with E-state index in [2.05, 4.69) is 38.8 Å². The van der Waals surface area contributed by atoms with Crippen LogP contribution in [0.1, 0.15) is 58.8 Å². The third-order valence-electron chi connectivity index (χ3n) is 2.99. The van der Waals surface area contributed by atoms with Gasteiger partial charge in [-0.15, -0.1) is 0 Å². The molecule has 0 aromatic carbocycles. The van der Waals surface area contributed by atoms with Crippen molar-refractivity contribution in [3.05, 3.63) is 0 Å². The van der Waals surface area contributed by atoms with E-state index in [0.717, 1.165) is 6.23 Å². The Kier molecular flexibility index (Phi) is 10.6. The second-order valence-electron chi connectivity index (χ2n) is 6.74. The molecule has 0 aliphatic rings. The van der Waals surface area contributed by atoms with Crippen LogP contribution in [-0.4, -0.2) is 25.5 Å². The Labute approximate surface area is 126 Å². The first kappa shape index (κ1) is 18.9. The number of nitrogens with one attached hydrogen (secondary N) is 1. The molecule has 0 aliphatic carbocycles. The van der Waals surface area contributed by atoms with Gasteiger partial charge in [-0.2, -0.15) is 0 Å². The van der Waals surface area contributed by atoms with Crippen molar-refractivity contribution in [3.8, 4) is 0 Å². The van der Waals surface area contributed by atoms with E-state index in [9.17, 15) is 0 Å². The fourth-order valence-corrected chi connectivity index (χ4v) is 2.77. The fraction of sp³-hybridized carbons (Fsp3) is 0.933. The van der Waals surface area contributed by atoms with Crippen LogP contribution in [-0.2, 0) is 4.74 Å². The molecule has 1 unspecified atom stereocenters. The zero-order valence-electron chi connectivity index (χ0n) is 13.6. The molecule has 0 spiro atoms. The van der Waals surface area contributed by atoms with Crippen LogP contribution in [0.5, 0.6) is 0 Å². The van der Waals surface area contributed by atoms with E-state index in [1.54, 1.807) is 0 Å². The molecule has 0 heterocycles. The van der Waals surface area contributed by atoms with Crippen LogP contribution in [0.3, 0.4) is 0 Å². The largest absolute Gasteiger partial charge is 0.475 e. The van der Waals surface area contributed by atoms with Gasteiger partial charge < -0.3 is 10.1 Å². The molecule has 1 N–H and O–H groups in total. The van der Waals surface area contributed by atoms with E-state index >= 15 is 0 Å². The van der Waals surface area contributed by atoms with Gasteiger partial charge in [-0.05, 0) is 25.6 Å². The molecule has 0 saturated heterocycles. The van der Waals surface area contributed by atoms with E-state index in [4.69, 9.17) is 17.0 Å². The van der Waals surface area contributed by atoms with Gasteiger partial charge in [-0.1, -0.05) is 65.1 Å². The van der Waals surface area contributed by atoms with E-state index in [1.165, 1.54) is 44.9 Å². The zero-order valence-corrected chi connectivity index (χ0v) is 15.4. The van der Waals surface area contributed by atoms with Crippen LogP contribution in [0.25, 0.3) is 0 Å². The van der Waals surface area contributed by atoms with Crippen molar-refractivity contribution in [2.24, 2.45) is 0 Å². The summed E-state index contributed by atoms with van der Waals surface area (Å²) in [5.41, 5.74) is 0. The quantitative estimate of drug-likeness (QED) is 0.352. The van der Waals surface area contributed by atoms with Gasteiger partial charge in [0.25, 0.3) is 5.17 Å². The van der Waals surface area contributed by atoms with Crippen molar-refractivity contribution in [3.63, 3.8) is 0 Å². The minimum Gasteiger partial charge on any atom is -0.475 e. The Bertz CT molecular complexity index is 241. The number of hydrogen-bond acceptors (Lipinski definition) is 2. The van der Waals surface area contributed by atoms with Gasteiger partial charge in [-0.25, -0.2) is 0 Å². The van der Waals surface area contributed by atoms with E-state index in [-0.39, 0.29) is 0 Å². The lowest BCUT2D eigenvalue weighted by molar-refractivity contribution is 0.347. The first-order valence-corrected chi connectivity index (χ1v) is 11.9. The minimum atomic E-state index is -1.16. The molecule has 19 heavy (non-hydrogen) atoms. The number of thiocarbonyl (C=S) groups is 1. The molecule has 1 atom stereocenters. The molecule has 0 rings (SSSR count). The Morgan fingerprint density at radius 2 is 1.68 bits per heavy atom. The van der Waals surface area contributed by atoms with Gasteiger partial charge in [0.2, 0.25) is 0 Å². The second-order valence-corrected chi connectivity index (χ2v) is 12.5. The molecular weight excluding hydrogens is 270 g/mol. The van der Waals surface area contributed by atoms with E-state index < -0.39 is 8.07 Å². The highest BCUT2D eigenvalue weighted by Gasteiger charge is 2.15. The zero-order chi connectivity index (χ0) is 14.7. The molecule has 0 aromatic rings. The molecule has 0 amide bonds. The summed E-state index contributed by atoms with van der Waals surface area (Å²) >= 11 is 5.22. The number of hydrogen-bond donors (Lipinski definition) is 1. The van der Waals surface area contributed by atoms with Crippen molar-refractivity contribution < 1.29 is 4.74 Å². The van der Waals surface area contributed by atoms with Crippen molar-refractivity contribution in [1.82, 2.24) is 5.32 Å². The Hall–Kier alpha value is -0.0931. The van der Waals surface area contributed by atoms with Gasteiger partial charge in [0, 0.05) is 6.04 Å². The monoisotopic (exact) mass is 303 g/mol. The first-order chi connectivity index (χ1) is 8.85. The second kappa shape index (κ2) is 10.7. The van der Waals surface area contributed by atoms with Crippen LogP contribution < -0.4 is 5.32 Å². The third kappa shape index (κ3) is 14.1. The lowest BCUT2D eigenvalue weighted by Crippen LogP contribution is -2.37. The van der Waals surface area contributed by atoms with Crippen molar-refractivity contribution >= 4 is 25.5 Å². The number of rotatable bonds is 10. The summed E-state index contributed by atoms with van der Waals surface area (Å²) in [7, 11) is -1.16. The summed E-state index contributed by atoms with van der Waals surface area (Å²) < 4.78 is 5.62. The number of ether oxygens (including phenoxy) is 1. The molecule has 0 radical (unpaired) electrons.